The van der Waals surface area contributed by atoms with Gasteiger partial charge in [-0.15, -0.1) is 0 Å². The Morgan fingerprint density at radius 1 is 0.618 bits per heavy atom. The lowest BCUT2D eigenvalue weighted by molar-refractivity contribution is -0.143. The van der Waals surface area contributed by atoms with Gasteiger partial charge in [0.25, 0.3) is 0 Å². The van der Waals surface area contributed by atoms with E-state index in [0.29, 0.717) is 0 Å². The van der Waals surface area contributed by atoms with Gasteiger partial charge in [0.05, 0.1) is 19.3 Å². The zero-order valence-electron chi connectivity index (χ0n) is 31.7. The molecule has 0 fully saturated rings. The van der Waals surface area contributed by atoms with Crippen molar-refractivity contribution in [3.05, 3.63) is 0 Å². The molecule has 0 radical (unpaired) electrons. The topological polar surface area (TPSA) is 406 Å². The number of carbonyl (C=O) groups is 8. The Morgan fingerprint density at radius 3 is 1.51 bits per heavy atom. The number of amides is 7. The first-order chi connectivity index (χ1) is 25.5. The summed E-state index contributed by atoms with van der Waals surface area (Å²) in [5.74, 6) is -9.06. The summed E-state index contributed by atoms with van der Waals surface area (Å²) in [5.41, 5.74) is 21.3. The number of nitrogens with zero attached hydrogens (tertiary/aromatic N) is 1. The molecule has 23 nitrogen and oxygen atoms in total. The fourth-order valence-electron chi connectivity index (χ4n) is 4.76. The fraction of sp³-hybridized carbons (Fsp3) is 0.719. The lowest BCUT2D eigenvalue weighted by Crippen LogP contribution is -2.61. The van der Waals surface area contributed by atoms with E-state index in [1.54, 1.807) is 27.7 Å². The predicted octanol–water partition coefficient (Wildman–Crippen LogP) is -6.31. The van der Waals surface area contributed by atoms with Crippen LogP contribution in [0.3, 0.4) is 0 Å². The van der Waals surface area contributed by atoms with Crippen LogP contribution in [0.2, 0.25) is 0 Å². The molecule has 0 aromatic carbocycles. The minimum Gasteiger partial charge on any atom is -0.480 e. The molecule has 0 unspecified atom stereocenters. The largest absolute Gasteiger partial charge is 0.480 e. The Bertz CT molecular complexity index is 1360. The summed E-state index contributed by atoms with van der Waals surface area (Å²) in [6.45, 7) is 6.03. The number of aliphatic hydroxyl groups is 3. The second kappa shape index (κ2) is 25.0. The molecule has 23 heteroatoms. The van der Waals surface area contributed by atoms with E-state index < -0.39 is 128 Å². The molecule has 0 heterocycles. The van der Waals surface area contributed by atoms with Crippen LogP contribution in [-0.2, 0) is 38.4 Å². The van der Waals surface area contributed by atoms with E-state index in [0.717, 1.165) is 0 Å². The minimum atomic E-state index is -1.72. The van der Waals surface area contributed by atoms with E-state index in [4.69, 9.17) is 22.9 Å². The molecule has 0 aromatic rings. The van der Waals surface area contributed by atoms with Crippen molar-refractivity contribution in [2.45, 2.75) is 115 Å². The van der Waals surface area contributed by atoms with Gasteiger partial charge >= 0.3 is 5.97 Å². The summed E-state index contributed by atoms with van der Waals surface area (Å²) in [6.07, 6.45) is -1.95. The Hall–Kier alpha value is -5.13. The average molecular weight is 790 g/mol. The van der Waals surface area contributed by atoms with Crippen molar-refractivity contribution < 1.29 is 58.8 Å². The van der Waals surface area contributed by atoms with Crippen LogP contribution in [0.1, 0.15) is 66.7 Å². The fourth-order valence-corrected chi connectivity index (χ4v) is 4.76. The number of primary amides is 1. The van der Waals surface area contributed by atoms with Crippen molar-refractivity contribution >= 4 is 53.3 Å². The first-order valence-corrected chi connectivity index (χ1v) is 17.6. The number of hydrogen-bond donors (Lipinski definition) is 14. The molecule has 7 amide bonds. The van der Waals surface area contributed by atoms with E-state index in [1.165, 1.54) is 6.92 Å². The third kappa shape index (κ3) is 19.2. The van der Waals surface area contributed by atoms with Crippen molar-refractivity contribution in [2.24, 2.45) is 39.8 Å². The SMILES string of the molecule is CC(C)C[C@H](NC(=O)[C@H](CO)NC(=O)[C@H](CCC(N)=O)NC(=O)[C@H](CO)NC(=O)[C@@H](N)[C@@H](C)O)C(=O)N[C@H](C(=O)N[C@@H](CCCN=C(N)N)C(=O)O)C(C)C. The third-order valence-electron chi connectivity index (χ3n) is 7.91. The highest BCUT2D eigenvalue weighted by atomic mass is 16.4. The first-order valence-electron chi connectivity index (χ1n) is 17.6. The van der Waals surface area contributed by atoms with Gasteiger partial charge in [0.15, 0.2) is 5.96 Å². The van der Waals surface area contributed by atoms with E-state index in [-0.39, 0.29) is 37.7 Å². The van der Waals surface area contributed by atoms with Gasteiger partial charge < -0.3 is 75.3 Å². The number of aliphatic hydroxyl groups excluding tert-OH is 3. The van der Waals surface area contributed by atoms with E-state index in [2.05, 4.69) is 36.9 Å². The Labute approximate surface area is 318 Å². The lowest BCUT2D eigenvalue weighted by Gasteiger charge is -2.28. The molecule has 0 saturated carbocycles. The van der Waals surface area contributed by atoms with Gasteiger partial charge in [0.1, 0.15) is 42.3 Å². The van der Waals surface area contributed by atoms with E-state index >= 15 is 0 Å². The summed E-state index contributed by atoms with van der Waals surface area (Å²) in [6, 6.07) is -10.3. The van der Waals surface area contributed by atoms with Crippen molar-refractivity contribution in [1.29, 1.82) is 0 Å². The summed E-state index contributed by atoms with van der Waals surface area (Å²) < 4.78 is 0. The maximum absolute atomic E-state index is 13.5. The molecule has 0 bridgehead atoms. The number of hydrogen-bond acceptors (Lipinski definition) is 13. The summed E-state index contributed by atoms with van der Waals surface area (Å²) in [4.78, 5) is 106. The average Bonchev–Trinajstić information content (AvgIpc) is 3.09. The zero-order chi connectivity index (χ0) is 42.6. The number of carboxylic acids is 1. The smallest absolute Gasteiger partial charge is 0.326 e. The van der Waals surface area contributed by atoms with Crippen LogP contribution in [0.4, 0.5) is 0 Å². The monoisotopic (exact) mass is 789 g/mol. The predicted molar refractivity (Wildman–Crippen MR) is 196 cm³/mol. The van der Waals surface area contributed by atoms with Crippen LogP contribution in [0.15, 0.2) is 4.99 Å². The maximum atomic E-state index is 13.5. The second-order valence-electron chi connectivity index (χ2n) is 13.6. The van der Waals surface area contributed by atoms with Crippen LogP contribution in [0, 0.1) is 11.8 Å². The Morgan fingerprint density at radius 2 is 1.07 bits per heavy atom. The van der Waals surface area contributed by atoms with Gasteiger partial charge in [-0.1, -0.05) is 27.7 Å². The first kappa shape index (κ1) is 49.9. The van der Waals surface area contributed by atoms with Crippen LogP contribution in [0.5, 0.6) is 0 Å². The van der Waals surface area contributed by atoms with E-state index in [9.17, 15) is 58.8 Å². The molecule has 55 heavy (non-hydrogen) atoms. The number of carboxylic acid groups (broad SMARTS) is 1. The second-order valence-corrected chi connectivity index (χ2v) is 13.6. The van der Waals surface area contributed by atoms with Crippen molar-refractivity contribution in [1.82, 2.24) is 31.9 Å². The van der Waals surface area contributed by atoms with Crippen LogP contribution in [0.25, 0.3) is 0 Å². The highest BCUT2D eigenvalue weighted by Crippen LogP contribution is 2.10. The van der Waals surface area contributed by atoms with Crippen LogP contribution in [-0.4, -0.2) is 142 Å². The van der Waals surface area contributed by atoms with Gasteiger partial charge in [-0.25, -0.2) is 4.79 Å². The van der Waals surface area contributed by atoms with Gasteiger partial charge in [0.2, 0.25) is 41.4 Å². The molecule has 0 aliphatic rings. The van der Waals surface area contributed by atoms with Gasteiger partial charge in [-0.3, -0.25) is 38.6 Å². The summed E-state index contributed by atoms with van der Waals surface area (Å²) in [7, 11) is 0. The normalized spacial score (nSPS) is 15.5. The van der Waals surface area contributed by atoms with Crippen LogP contribution >= 0.6 is 0 Å². The minimum absolute atomic E-state index is 0.0168. The molecule has 0 aliphatic carbocycles. The molecule has 0 saturated heterocycles. The number of aliphatic carboxylic acids is 1. The molecule has 0 rings (SSSR count). The zero-order valence-corrected chi connectivity index (χ0v) is 31.7. The van der Waals surface area contributed by atoms with Crippen molar-refractivity contribution in [2.75, 3.05) is 19.8 Å². The molecule has 0 spiro atoms. The van der Waals surface area contributed by atoms with E-state index in [1.807, 2.05) is 0 Å². The third-order valence-corrected chi connectivity index (χ3v) is 7.91. The number of carbonyl (C=O) groups excluding carboxylic acids is 7. The quantitative estimate of drug-likeness (QED) is 0.0220. The highest BCUT2D eigenvalue weighted by Gasteiger charge is 2.34. The molecule has 18 N–H and O–H groups in total. The number of rotatable bonds is 26. The van der Waals surface area contributed by atoms with Crippen LogP contribution < -0.4 is 54.8 Å². The number of guanidine groups is 1. The van der Waals surface area contributed by atoms with Gasteiger partial charge in [-0.05, 0) is 44.4 Å². The number of nitrogens with two attached hydrogens (primary N) is 4. The molecule has 0 aromatic heterocycles. The molecule has 0 aliphatic heterocycles. The molecular formula is C32H59N11O12. The molecule has 314 valence electrons. The van der Waals surface area contributed by atoms with Gasteiger partial charge in [0, 0.05) is 13.0 Å². The Kier molecular flexibility index (Phi) is 22.7. The standard InChI is InChI=1S/C32H59N11O12/c1-14(2)11-19(26(49)43-24(15(3)4)30(53)39-18(31(54)55)7-6-10-37-32(35)36)40-28(51)20(12-44)41-25(48)17(8-9-22(33)47)38-27(50)21(13-45)42-29(52)23(34)16(5)46/h14-21,23-24,44-46H,6-13,34H2,1-5H3,(H2,33,47)(H,38,50)(H,39,53)(H,40,51)(H,41,48)(H,42,52)(H,43,49)(H,54,55)(H4,35,36,37)/t16-,17+,18+,19+,20+,21+,23+,24+/m1/s1. The highest BCUT2D eigenvalue weighted by molar-refractivity contribution is 5.97. The number of aliphatic imine (C=N–C) groups is 1. The van der Waals surface area contributed by atoms with Gasteiger partial charge in [-0.2, -0.15) is 0 Å². The molecule has 8 atom stereocenters. The Balaban J connectivity index is 5.99. The maximum Gasteiger partial charge on any atom is 0.326 e. The van der Waals surface area contributed by atoms with Crippen molar-refractivity contribution in [3.8, 4) is 0 Å². The van der Waals surface area contributed by atoms with Crippen molar-refractivity contribution in [3.63, 3.8) is 0 Å². The number of nitrogens with one attached hydrogen (secondary N) is 6. The summed E-state index contributed by atoms with van der Waals surface area (Å²) >= 11 is 0. The summed E-state index contributed by atoms with van der Waals surface area (Å²) in [5, 5.41) is 52.8. The lowest BCUT2D eigenvalue weighted by atomic mass is 9.99. The molecular weight excluding hydrogens is 730 g/mol.